The fraction of sp³-hybridized carbons (Fsp3) is 0.0870. The van der Waals surface area contributed by atoms with Crippen molar-refractivity contribution in [3.63, 3.8) is 0 Å². The van der Waals surface area contributed by atoms with Crippen LogP contribution in [0.5, 0.6) is 5.75 Å². The molecule has 0 bridgehead atoms. The molecule has 3 amide bonds. The van der Waals surface area contributed by atoms with Crippen LogP contribution >= 0.6 is 0 Å². The zero-order chi connectivity index (χ0) is 21.5. The van der Waals surface area contributed by atoms with Crippen molar-refractivity contribution in [1.82, 2.24) is 10.6 Å². The Labute approximate surface area is 173 Å². The van der Waals surface area contributed by atoms with Crippen molar-refractivity contribution in [3.8, 4) is 16.9 Å². The highest BCUT2D eigenvalue weighted by Crippen LogP contribution is 2.24. The highest BCUT2D eigenvalue weighted by atomic mass is 16.5. The highest BCUT2D eigenvalue weighted by molar-refractivity contribution is 5.99. The Bertz CT molecular complexity index is 1030. The first-order valence-electron chi connectivity index (χ1n) is 9.16. The molecule has 7 heteroatoms. The van der Waals surface area contributed by atoms with Gasteiger partial charge in [-0.15, -0.1) is 0 Å². The normalized spacial score (nSPS) is 11.2. The highest BCUT2D eigenvalue weighted by Gasteiger charge is 2.26. The molecular formula is C23H20N2O5. The van der Waals surface area contributed by atoms with E-state index in [1.54, 1.807) is 78.9 Å². The molecule has 0 aliphatic carbocycles. The smallest absolute Gasteiger partial charge is 0.339 e. The molecule has 3 aromatic rings. The Balaban J connectivity index is 1.78. The monoisotopic (exact) mass is 404 g/mol. The molecule has 0 aromatic heterocycles. The number of hydrogen-bond donors (Lipinski definition) is 3. The SMILES string of the molecule is CNC(=O)NC(=O)[C@H](OC(=O)c1ccc(-c2ccc(O)cc2)cc1)c1ccccc1. The van der Waals surface area contributed by atoms with Crippen LogP contribution in [0.1, 0.15) is 22.0 Å². The molecule has 0 saturated carbocycles. The Morgan fingerprint density at radius 1 is 0.833 bits per heavy atom. The summed E-state index contributed by atoms with van der Waals surface area (Å²) in [4.78, 5) is 36.6. The van der Waals surface area contributed by atoms with Gasteiger partial charge in [-0.3, -0.25) is 10.1 Å². The topological polar surface area (TPSA) is 105 Å². The van der Waals surface area contributed by atoms with Gasteiger partial charge in [-0.05, 0) is 35.4 Å². The van der Waals surface area contributed by atoms with E-state index in [2.05, 4.69) is 10.6 Å². The second kappa shape index (κ2) is 9.38. The zero-order valence-electron chi connectivity index (χ0n) is 16.2. The van der Waals surface area contributed by atoms with Crippen molar-refractivity contribution in [2.45, 2.75) is 6.10 Å². The van der Waals surface area contributed by atoms with E-state index in [0.29, 0.717) is 5.56 Å². The standard InChI is InChI=1S/C23H20N2O5/c1-24-23(29)25-21(27)20(17-5-3-2-4-6-17)30-22(28)18-9-7-15(8-10-18)16-11-13-19(26)14-12-16/h2-14,20,26H,1H3,(H2,24,25,27,29)/t20-/m1/s1. The van der Waals surface area contributed by atoms with Gasteiger partial charge in [-0.2, -0.15) is 0 Å². The first-order valence-corrected chi connectivity index (χ1v) is 9.16. The largest absolute Gasteiger partial charge is 0.508 e. The predicted octanol–water partition coefficient (Wildman–Crippen LogP) is 3.41. The van der Waals surface area contributed by atoms with Gasteiger partial charge in [-0.25, -0.2) is 9.59 Å². The second-order valence-corrected chi connectivity index (χ2v) is 6.39. The second-order valence-electron chi connectivity index (χ2n) is 6.39. The number of urea groups is 1. The summed E-state index contributed by atoms with van der Waals surface area (Å²) in [5.41, 5.74) is 2.42. The summed E-state index contributed by atoms with van der Waals surface area (Å²) in [5.74, 6) is -1.29. The number of benzene rings is 3. The molecule has 0 aliphatic heterocycles. The molecule has 7 nitrogen and oxygen atoms in total. The van der Waals surface area contributed by atoms with Gasteiger partial charge in [-0.1, -0.05) is 54.6 Å². The lowest BCUT2D eigenvalue weighted by Gasteiger charge is -2.17. The van der Waals surface area contributed by atoms with E-state index in [1.165, 1.54) is 7.05 Å². The summed E-state index contributed by atoms with van der Waals surface area (Å²) in [5, 5.41) is 13.8. The predicted molar refractivity (Wildman–Crippen MR) is 111 cm³/mol. The van der Waals surface area contributed by atoms with E-state index >= 15 is 0 Å². The molecule has 1 atom stereocenters. The van der Waals surface area contributed by atoms with Crippen molar-refractivity contribution < 1.29 is 24.2 Å². The molecule has 0 spiro atoms. The number of imide groups is 1. The minimum absolute atomic E-state index is 0.168. The Kier molecular flexibility index (Phi) is 6.44. The molecule has 0 fully saturated rings. The number of aromatic hydroxyl groups is 1. The van der Waals surface area contributed by atoms with Crippen LogP contribution in [0.2, 0.25) is 0 Å². The van der Waals surface area contributed by atoms with Crippen LogP contribution in [0.4, 0.5) is 4.79 Å². The van der Waals surface area contributed by atoms with Gasteiger partial charge in [0.05, 0.1) is 5.56 Å². The van der Waals surface area contributed by atoms with Crippen LogP contribution in [0.25, 0.3) is 11.1 Å². The number of amides is 3. The Hall–Kier alpha value is -4.13. The number of nitrogens with one attached hydrogen (secondary N) is 2. The minimum atomic E-state index is -1.28. The number of esters is 1. The van der Waals surface area contributed by atoms with E-state index in [4.69, 9.17) is 4.74 Å². The number of hydrogen-bond acceptors (Lipinski definition) is 5. The van der Waals surface area contributed by atoms with Gasteiger partial charge >= 0.3 is 12.0 Å². The van der Waals surface area contributed by atoms with E-state index in [1.807, 2.05) is 0 Å². The third kappa shape index (κ3) is 5.02. The maximum absolute atomic E-state index is 12.6. The van der Waals surface area contributed by atoms with Gasteiger partial charge in [0.1, 0.15) is 5.75 Å². The van der Waals surface area contributed by atoms with Crippen LogP contribution < -0.4 is 10.6 Å². The van der Waals surface area contributed by atoms with Gasteiger partial charge in [0.15, 0.2) is 0 Å². The molecule has 0 radical (unpaired) electrons. The van der Waals surface area contributed by atoms with E-state index in [0.717, 1.165) is 11.1 Å². The summed E-state index contributed by atoms with van der Waals surface area (Å²) in [6, 6.07) is 21.1. The third-order valence-corrected chi connectivity index (χ3v) is 4.35. The van der Waals surface area contributed by atoms with Crippen molar-refractivity contribution >= 4 is 17.9 Å². The molecule has 3 rings (SSSR count). The maximum Gasteiger partial charge on any atom is 0.339 e. The molecular weight excluding hydrogens is 384 g/mol. The fourth-order valence-electron chi connectivity index (χ4n) is 2.77. The molecule has 0 unspecified atom stereocenters. The number of carbonyl (C=O) groups excluding carboxylic acids is 3. The van der Waals surface area contributed by atoms with Gasteiger partial charge in [0.2, 0.25) is 6.10 Å². The summed E-state index contributed by atoms with van der Waals surface area (Å²) >= 11 is 0. The van der Waals surface area contributed by atoms with Crippen molar-refractivity contribution in [1.29, 1.82) is 0 Å². The number of ether oxygens (including phenoxy) is 1. The van der Waals surface area contributed by atoms with Crippen LogP contribution in [0, 0.1) is 0 Å². The molecule has 3 aromatic carbocycles. The molecule has 152 valence electrons. The first-order chi connectivity index (χ1) is 14.5. The summed E-state index contributed by atoms with van der Waals surface area (Å²) in [7, 11) is 1.38. The lowest BCUT2D eigenvalue weighted by atomic mass is 10.0. The third-order valence-electron chi connectivity index (χ3n) is 4.35. The quantitative estimate of drug-likeness (QED) is 0.565. The fourth-order valence-corrected chi connectivity index (χ4v) is 2.77. The molecule has 30 heavy (non-hydrogen) atoms. The maximum atomic E-state index is 12.6. The number of carbonyl (C=O) groups is 3. The minimum Gasteiger partial charge on any atom is -0.508 e. The van der Waals surface area contributed by atoms with E-state index in [-0.39, 0.29) is 11.3 Å². The summed E-state index contributed by atoms with van der Waals surface area (Å²) < 4.78 is 5.43. The molecule has 0 heterocycles. The lowest BCUT2D eigenvalue weighted by molar-refractivity contribution is -0.129. The van der Waals surface area contributed by atoms with Gasteiger partial charge < -0.3 is 15.2 Å². The van der Waals surface area contributed by atoms with E-state index < -0.39 is 24.0 Å². The first kappa shape index (κ1) is 20.6. The van der Waals surface area contributed by atoms with Crippen LogP contribution in [0.15, 0.2) is 78.9 Å². The average molecular weight is 404 g/mol. The number of phenols is 1. The van der Waals surface area contributed by atoms with Gasteiger partial charge in [0.25, 0.3) is 5.91 Å². The number of phenolic OH excluding ortho intramolecular Hbond substituents is 1. The average Bonchev–Trinajstić information content (AvgIpc) is 2.78. The summed E-state index contributed by atoms with van der Waals surface area (Å²) in [6.07, 6.45) is -1.28. The Morgan fingerprint density at radius 2 is 1.40 bits per heavy atom. The van der Waals surface area contributed by atoms with Crippen molar-refractivity contribution in [2.75, 3.05) is 7.05 Å². The van der Waals surface area contributed by atoms with Crippen molar-refractivity contribution in [3.05, 3.63) is 90.0 Å². The zero-order valence-corrected chi connectivity index (χ0v) is 16.2. The summed E-state index contributed by atoms with van der Waals surface area (Å²) in [6.45, 7) is 0. The molecule has 3 N–H and O–H groups in total. The Morgan fingerprint density at radius 3 is 1.97 bits per heavy atom. The molecule has 0 aliphatic rings. The van der Waals surface area contributed by atoms with Crippen molar-refractivity contribution in [2.24, 2.45) is 0 Å². The lowest BCUT2D eigenvalue weighted by Crippen LogP contribution is -2.41. The van der Waals surface area contributed by atoms with E-state index in [9.17, 15) is 19.5 Å². The van der Waals surface area contributed by atoms with Crippen LogP contribution in [0.3, 0.4) is 0 Å². The number of rotatable bonds is 5. The van der Waals surface area contributed by atoms with Gasteiger partial charge in [0, 0.05) is 12.6 Å². The van der Waals surface area contributed by atoms with Crippen LogP contribution in [-0.4, -0.2) is 30.1 Å². The van der Waals surface area contributed by atoms with Crippen LogP contribution in [-0.2, 0) is 9.53 Å². The molecule has 0 saturated heterocycles.